The van der Waals surface area contributed by atoms with Gasteiger partial charge in [0.15, 0.2) is 5.82 Å². The van der Waals surface area contributed by atoms with Crippen LogP contribution in [-0.2, 0) is 9.53 Å². The number of halogens is 1. The summed E-state index contributed by atoms with van der Waals surface area (Å²) in [7, 11) is 1.57. The number of methoxy groups -OCH3 is 1. The summed E-state index contributed by atoms with van der Waals surface area (Å²) in [5, 5.41) is 2.71. The summed E-state index contributed by atoms with van der Waals surface area (Å²) in [6, 6.07) is 5.34. The van der Waals surface area contributed by atoms with Crippen molar-refractivity contribution in [3.8, 4) is 0 Å². The largest absolute Gasteiger partial charge is 0.384 e. The van der Waals surface area contributed by atoms with Gasteiger partial charge in [-0.15, -0.1) is 0 Å². The van der Waals surface area contributed by atoms with Gasteiger partial charge in [-0.05, 0) is 50.5 Å². The molecule has 0 saturated carbocycles. The summed E-state index contributed by atoms with van der Waals surface area (Å²) in [6.07, 6.45) is 4.55. The van der Waals surface area contributed by atoms with Gasteiger partial charge in [-0.3, -0.25) is 9.59 Å². The van der Waals surface area contributed by atoms with E-state index in [1.165, 1.54) is 30.5 Å². The highest BCUT2D eigenvalue weighted by molar-refractivity contribution is 6.04. The van der Waals surface area contributed by atoms with Crippen LogP contribution < -0.4 is 5.32 Å². The van der Waals surface area contributed by atoms with Gasteiger partial charge in [0.1, 0.15) is 5.82 Å². The summed E-state index contributed by atoms with van der Waals surface area (Å²) >= 11 is 0. The zero-order chi connectivity index (χ0) is 20.8. The molecule has 0 aliphatic carbocycles. The maximum atomic E-state index is 13.0. The second-order valence-electron chi connectivity index (χ2n) is 7.03. The van der Waals surface area contributed by atoms with Gasteiger partial charge in [-0.25, -0.2) is 14.4 Å². The molecule has 1 N–H and O–H groups in total. The lowest BCUT2D eigenvalue weighted by atomic mass is 10.0. The molecule has 1 atom stereocenters. The summed E-state index contributed by atoms with van der Waals surface area (Å²) < 4.78 is 18.0. The highest BCUT2D eigenvalue weighted by atomic mass is 19.1. The number of anilines is 1. The molecule has 154 valence electrons. The van der Waals surface area contributed by atoms with Crippen LogP contribution in [0, 0.1) is 12.7 Å². The Kier molecular flexibility index (Phi) is 6.87. The van der Waals surface area contributed by atoms with Crippen LogP contribution in [0.4, 0.5) is 10.1 Å². The van der Waals surface area contributed by atoms with E-state index < -0.39 is 0 Å². The quantitative estimate of drug-likeness (QED) is 0.805. The van der Waals surface area contributed by atoms with Crippen molar-refractivity contribution in [3.63, 3.8) is 0 Å². The molecule has 0 radical (unpaired) electrons. The number of carbonyl (C=O) groups is 2. The molecule has 29 heavy (non-hydrogen) atoms. The van der Waals surface area contributed by atoms with Crippen LogP contribution in [0.2, 0.25) is 0 Å². The van der Waals surface area contributed by atoms with Crippen molar-refractivity contribution in [1.82, 2.24) is 14.9 Å². The lowest BCUT2D eigenvalue weighted by Gasteiger charge is -2.35. The minimum Gasteiger partial charge on any atom is -0.384 e. The van der Waals surface area contributed by atoms with Gasteiger partial charge >= 0.3 is 0 Å². The molecule has 1 saturated heterocycles. The van der Waals surface area contributed by atoms with Gasteiger partial charge in [-0.1, -0.05) is 0 Å². The average Bonchev–Trinajstić information content (AvgIpc) is 2.73. The van der Waals surface area contributed by atoms with E-state index in [0.29, 0.717) is 42.3 Å². The summed E-state index contributed by atoms with van der Waals surface area (Å²) in [6.45, 7) is 2.79. The van der Waals surface area contributed by atoms with E-state index in [4.69, 9.17) is 4.74 Å². The molecule has 1 aromatic carbocycles. The normalized spacial score (nSPS) is 16.5. The summed E-state index contributed by atoms with van der Waals surface area (Å²) in [4.78, 5) is 35.8. The Morgan fingerprint density at radius 2 is 2.03 bits per heavy atom. The molecular formula is C21H25FN4O3. The van der Waals surface area contributed by atoms with E-state index in [2.05, 4.69) is 15.3 Å². The predicted molar refractivity (Wildman–Crippen MR) is 106 cm³/mol. The number of hydrogen-bond donors (Lipinski definition) is 1. The van der Waals surface area contributed by atoms with E-state index in [0.717, 1.165) is 19.3 Å². The summed E-state index contributed by atoms with van der Waals surface area (Å²) in [5.74, 6) is -0.163. The molecule has 2 heterocycles. The first-order valence-corrected chi connectivity index (χ1v) is 9.68. The highest BCUT2D eigenvalue weighted by Crippen LogP contribution is 2.29. The zero-order valence-corrected chi connectivity index (χ0v) is 16.7. The van der Waals surface area contributed by atoms with Gasteiger partial charge < -0.3 is 15.0 Å². The molecule has 2 aromatic rings. The average molecular weight is 400 g/mol. The van der Waals surface area contributed by atoms with E-state index in [9.17, 15) is 14.0 Å². The van der Waals surface area contributed by atoms with Gasteiger partial charge in [0.2, 0.25) is 5.91 Å². The molecule has 1 aliphatic heterocycles. The first-order chi connectivity index (χ1) is 14.0. The first-order valence-electron chi connectivity index (χ1n) is 9.68. The molecule has 7 nitrogen and oxygen atoms in total. The number of amides is 2. The molecule has 0 spiro atoms. The number of aryl methyl sites for hydroxylation is 1. The van der Waals surface area contributed by atoms with Crippen molar-refractivity contribution < 1.29 is 18.7 Å². The molecule has 2 amide bonds. The summed E-state index contributed by atoms with van der Waals surface area (Å²) in [5.41, 5.74) is 1.36. The van der Waals surface area contributed by atoms with Crippen molar-refractivity contribution in [2.24, 2.45) is 0 Å². The van der Waals surface area contributed by atoms with Crippen LogP contribution in [-0.4, -0.2) is 46.9 Å². The van der Waals surface area contributed by atoms with E-state index in [1.807, 2.05) is 4.90 Å². The number of ether oxygens (including phenoxy) is 1. The predicted octanol–water partition coefficient (Wildman–Crippen LogP) is 3.27. The van der Waals surface area contributed by atoms with Crippen LogP contribution >= 0.6 is 0 Å². The Morgan fingerprint density at radius 1 is 1.28 bits per heavy atom. The Morgan fingerprint density at radius 3 is 2.72 bits per heavy atom. The van der Waals surface area contributed by atoms with Crippen LogP contribution in [0.5, 0.6) is 0 Å². The van der Waals surface area contributed by atoms with Crippen molar-refractivity contribution in [3.05, 3.63) is 53.4 Å². The van der Waals surface area contributed by atoms with Crippen molar-refractivity contribution in [1.29, 1.82) is 0 Å². The highest BCUT2D eigenvalue weighted by Gasteiger charge is 2.30. The van der Waals surface area contributed by atoms with Crippen molar-refractivity contribution in [2.45, 2.75) is 38.6 Å². The lowest BCUT2D eigenvalue weighted by molar-refractivity contribution is -0.136. The second-order valence-corrected chi connectivity index (χ2v) is 7.03. The lowest BCUT2D eigenvalue weighted by Crippen LogP contribution is -2.39. The fourth-order valence-electron chi connectivity index (χ4n) is 3.43. The number of rotatable bonds is 6. The minimum absolute atomic E-state index is 0.0240. The standard InChI is InChI=1S/C21H25FN4O3/c1-14-17(21(28)25-16-8-6-15(22)7-9-16)13-23-20(24-14)18-5-3-4-11-26(18)19(27)10-12-29-2/h6-9,13,18H,3-5,10-12H2,1-2H3,(H,25,28)/t18-/m0/s1. The van der Waals surface area contributed by atoms with Crippen LogP contribution in [0.15, 0.2) is 30.5 Å². The van der Waals surface area contributed by atoms with E-state index in [1.54, 1.807) is 14.0 Å². The van der Waals surface area contributed by atoms with E-state index >= 15 is 0 Å². The Balaban J connectivity index is 1.75. The molecule has 0 unspecified atom stereocenters. The van der Waals surface area contributed by atoms with Crippen LogP contribution in [0.25, 0.3) is 0 Å². The van der Waals surface area contributed by atoms with Gasteiger partial charge in [0.25, 0.3) is 5.91 Å². The third-order valence-corrected chi connectivity index (χ3v) is 4.99. The monoisotopic (exact) mass is 400 g/mol. The van der Waals surface area contributed by atoms with Gasteiger partial charge in [0.05, 0.1) is 30.3 Å². The number of benzene rings is 1. The van der Waals surface area contributed by atoms with Gasteiger partial charge in [0, 0.05) is 25.5 Å². The van der Waals surface area contributed by atoms with Crippen LogP contribution in [0.3, 0.4) is 0 Å². The number of aromatic nitrogens is 2. The number of hydrogen-bond acceptors (Lipinski definition) is 5. The first kappa shape index (κ1) is 20.9. The Hall–Kier alpha value is -2.87. The van der Waals surface area contributed by atoms with Gasteiger partial charge in [-0.2, -0.15) is 0 Å². The zero-order valence-electron chi connectivity index (χ0n) is 16.7. The molecule has 1 aliphatic rings. The topological polar surface area (TPSA) is 84.4 Å². The van der Waals surface area contributed by atoms with Crippen molar-refractivity contribution >= 4 is 17.5 Å². The van der Waals surface area contributed by atoms with Crippen molar-refractivity contribution in [2.75, 3.05) is 25.6 Å². The number of piperidine rings is 1. The van der Waals surface area contributed by atoms with E-state index in [-0.39, 0.29) is 23.7 Å². The Labute approximate surface area is 169 Å². The smallest absolute Gasteiger partial charge is 0.259 e. The fraction of sp³-hybridized carbons (Fsp3) is 0.429. The maximum absolute atomic E-state index is 13.0. The fourth-order valence-corrected chi connectivity index (χ4v) is 3.43. The van der Waals surface area contributed by atoms with Crippen LogP contribution in [0.1, 0.15) is 53.6 Å². The molecule has 8 heteroatoms. The molecule has 1 fully saturated rings. The number of nitrogens with zero attached hydrogens (tertiary/aromatic N) is 3. The Bertz CT molecular complexity index is 873. The maximum Gasteiger partial charge on any atom is 0.259 e. The molecule has 1 aromatic heterocycles. The number of carbonyl (C=O) groups excluding carboxylic acids is 2. The molecule has 0 bridgehead atoms. The molecule has 3 rings (SSSR count). The number of likely N-dealkylation sites (tertiary alicyclic amines) is 1. The SMILES string of the molecule is COCCC(=O)N1CCCC[C@H]1c1ncc(C(=O)Nc2ccc(F)cc2)c(C)n1. The third kappa shape index (κ3) is 5.14. The molecular weight excluding hydrogens is 375 g/mol. The minimum atomic E-state index is -0.371. The number of nitrogens with one attached hydrogen (secondary N) is 1. The third-order valence-electron chi connectivity index (χ3n) is 4.99. The second kappa shape index (κ2) is 9.56.